The first-order valence-electron chi connectivity index (χ1n) is 9.26. The van der Waals surface area contributed by atoms with Crippen molar-refractivity contribution in [2.45, 2.75) is 32.0 Å². The van der Waals surface area contributed by atoms with Gasteiger partial charge in [-0.3, -0.25) is 0 Å². The Labute approximate surface area is 153 Å². The zero-order valence-electron chi connectivity index (χ0n) is 14.9. The van der Waals surface area contributed by atoms with Gasteiger partial charge in [0, 0.05) is 37.9 Å². The lowest BCUT2D eigenvalue weighted by Crippen LogP contribution is -2.39. The number of hydrogen-bond acceptors (Lipinski definition) is 6. The van der Waals surface area contributed by atoms with Crippen molar-refractivity contribution >= 4 is 5.82 Å². The molecule has 4 rings (SSSR count). The number of β-amino-alcohol motifs (C(OH)–C–C–N with tert-alkyl or cyclic N) is 1. The Morgan fingerprint density at radius 2 is 2.04 bits per heavy atom. The normalized spacial score (nSPS) is 19.4. The third kappa shape index (κ3) is 3.92. The summed E-state index contributed by atoms with van der Waals surface area (Å²) in [6.07, 6.45) is 3.44. The van der Waals surface area contributed by atoms with Gasteiger partial charge in [-0.25, -0.2) is 4.98 Å². The molecule has 1 fully saturated rings. The number of nitrogens with one attached hydrogen (secondary N) is 1. The van der Waals surface area contributed by atoms with Crippen molar-refractivity contribution in [3.05, 3.63) is 47.7 Å². The lowest BCUT2D eigenvalue weighted by Gasteiger charge is -2.32. The smallest absolute Gasteiger partial charge is 0.161 e. The summed E-state index contributed by atoms with van der Waals surface area (Å²) < 4.78 is 11.2. The quantitative estimate of drug-likeness (QED) is 0.856. The van der Waals surface area contributed by atoms with Gasteiger partial charge in [-0.1, -0.05) is 12.1 Å². The zero-order valence-corrected chi connectivity index (χ0v) is 14.9. The second-order valence-electron chi connectivity index (χ2n) is 6.81. The van der Waals surface area contributed by atoms with Gasteiger partial charge in [-0.15, -0.1) is 0 Å². The molecule has 0 radical (unpaired) electrons. The maximum absolute atomic E-state index is 9.95. The van der Waals surface area contributed by atoms with Crippen molar-refractivity contribution in [1.29, 1.82) is 0 Å². The average molecular weight is 355 g/mol. The lowest BCUT2D eigenvalue weighted by molar-refractivity contribution is 0.154. The van der Waals surface area contributed by atoms with Crippen LogP contribution in [0.5, 0.6) is 11.5 Å². The van der Waals surface area contributed by atoms with Gasteiger partial charge in [0.1, 0.15) is 19.0 Å². The molecule has 1 aromatic heterocycles. The van der Waals surface area contributed by atoms with Crippen LogP contribution in [0.4, 0.5) is 5.82 Å². The van der Waals surface area contributed by atoms with Crippen molar-refractivity contribution in [3.8, 4) is 11.5 Å². The molecule has 0 unspecified atom stereocenters. The van der Waals surface area contributed by atoms with Gasteiger partial charge in [0.15, 0.2) is 11.5 Å². The molecule has 0 saturated carbocycles. The van der Waals surface area contributed by atoms with E-state index in [4.69, 9.17) is 9.47 Å². The Morgan fingerprint density at radius 1 is 1.15 bits per heavy atom. The zero-order chi connectivity index (χ0) is 17.8. The predicted octanol–water partition coefficient (Wildman–Crippen LogP) is 2.10. The molecule has 0 spiro atoms. The number of fused-ring (bicyclic) bond motifs is 1. The highest BCUT2D eigenvalue weighted by Crippen LogP contribution is 2.30. The largest absolute Gasteiger partial charge is 0.486 e. The molecule has 6 heteroatoms. The molecule has 0 aliphatic carbocycles. The summed E-state index contributed by atoms with van der Waals surface area (Å²) in [6.45, 7) is 4.29. The van der Waals surface area contributed by atoms with E-state index in [0.717, 1.165) is 60.9 Å². The molecule has 1 atom stereocenters. The van der Waals surface area contributed by atoms with E-state index in [2.05, 4.69) is 27.3 Å². The molecule has 1 saturated heterocycles. The van der Waals surface area contributed by atoms with Crippen LogP contribution in [0.15, 0.2) is 36.5 Å². The minimum absolute atomic E-state index is 0.260. The summed E-state index contributed by atoms with van der Waals surface area (Å²) in [6, 6.07) is 10.1. The number of hydrogen-bond donors (Lipinski definition) is 2. The average Bonchev–Trinajstić information content (AvgIpc) is 2.68. The molecule has 0 bridgehead atoms. The Balaban J connectivity index is 1.39. The van der Waals surface area contributed by atoms with Crippen molar-refractivity contribution in [3.63, 3.8) is 0 Å². The fourth-order valence-corrected chi connectivity index (χ4v) is 3.54. The first kappa shape index (κ1) is 17.1. The first-order chi connectivity index (χ1) is 12.8. The van der Waals surface area contributed by atoms with Crippen LogP contribution in [-0.2, 0) is 13.1 Å². The number of anilines is 1. The van der Waals surface area contributed by atoms with Crippen LogP contribution < -0.4 is 19.7 Å². The van der Waals surface area contributed by atoms with Crippen molar-refractivity contribution < 1.29 is 14.6 Å². The van der Waals surface area contributed by atoms with E-state index in [0.29, 0.717) is 19.8 Å². The monoisotopic (exact) mass is 355 g/mol. The maximum atomic E-state index is 9.95. The van der Waals surface area contributed by atoms with Crippen LogP contribution in [0.3, 0.4) is 0 Å². The summed E-state index contributed by atoms with van der Waals surface area (Å²) in [7, 11) is 0. The van der Waals surface area contributed by atoms with Gasteiger partial charge < -0.3 is 24.8 Å². The first-order valence-corrected chi connectivity index (χ1v) is 9.26. The van der Waals surface area contributed by atoms with E-state index >= 15 is 0 Å². The summed E-state index contributed by atoms with van der Waals surface area (Å²) in [4.78, 5) is 6.75. The van der Waals surface area contributed by atoms with Crippen molar-refractivity contribution in [2.24, 2.45) is 0 Å². The Morgan fingerprint density at radius 3 is 2.92 bits per heavy atom. The number of aliphatic hydroxyl groups is 1. The topological polar surface area (TPSA) is 66.9 Å². The number of nitrogens with zero attached hydrogens (tertiary/aromatic N) is 2. The number of benzene rings is 1. The van der Waals surface area contributed by atoms with Gasteiger partial charge >= 0.3 is 0 Å². The Kier molecular flexibility index (Phi) is 5.22. The van der Waals surface area contributed by atoms with Crippen molar-refractivity contribution in [1.82, 2.24) is 10.3 Å². The molecule has 26 heavy (non-hydrogen) atoms. The fourth-order valence-electron chi connectivity index (χ4n) is 3.54. The maximum Gasteiger partial charge on any atom is 0.161 e. The van der Waals surface area contributed by atoms with Gasteiger partial charge in [0.2, 0.25) is 0 Å². The highest BCUT2D eigenvalue weighted by molar-refractivity contribution is 5.47. The molecule has 3 heterocycles. The molecule has 2 N–H and O–H groups in total. The Bertz CT molecular complexity index is 753. The molecule has 1 aromatic carbocycles. The van der Waals surface area contributed by atoms with E-state index in [9.17, 15) is 5.11 Å². The van der Waals surface area contributed by atoms with Crippen molar-refractivity contribution in [2.75, 3.05) is 31.2 Å². The van der Waals surface area contributed by atoms with Gasteiger partial charge in [0.25, 0.3) is 0 Å². The number of rotatable bonds is 5. The van der Waals surface area contributed by atoms with E-state index < -0.39 is 0 Å². The van der Waals surface area contributed by atoms with E-state index in [-0.39, 0.29) is 6.10 Å². The number of aliphatic hydroxyl groups excluding tert-OH is 1. The summed E-state index contributed by atoms with van der Waals surface area (Å²) in [5.41, 5.74) is 2.31. The molecular weight excluding hydrogens is 330 g/mol. The van der Waals surface area contributed by atoms with E-state index in [1.54, 1.807) is 0 Å². The van der Waals surface area contributed by atoms with Crippen LogP contribution in [0, 0.1) is 0 Å². The third-order valence-electron chi connectivity index (χ3n) is 4.81. The third-order valence-corrected chi connectivity index (χ3v) is 4.81. The SMILES string of the molecule is O[C@@H]1CCCN(c2ncccc2CNCc2ccc3c(c2)OCCO3)C1. The minimum atomic E-state index is -0.260. The van der Waals surface area contributed by atoms with E-state index in [1.807, 2.05) is 24.4 Å². The number of piperidine rings is 1. The van der Waals surface area contributed by atoms with Gasteiger partial charge in [-0.05, 0) is 36.6 Å². The van der Waals surface area contributed by atoms with Gasteiger partial charge in [-0.2, -0.15) is 0 Å². The van der Waals surface area contributed by atoms with E-state index in [1.165, 1.54) is 0 Å². The molecule has 138 valence electrons. The number of pyridine rings is 1. The minimum Gasteiger partial charge on any atom is -0.486 e. The molecule has 6 nitrogen and oxygen atoms in total. The lowest BCUT2D eigenvalue weighted by atomic mass is 10.1. The summed E-state index contributed by atoms with van der Waals surface area (Å²) in [5.74, 6) is 2.61. The molecule has 2 aliphatic heterocycles. The second kappa shape index (κ2) is 7.93. The molecular formula is C20H25N3O3. The predicted molar refractivity (Wildman–Crippen MR) is 99.7 cm³/mol. The molecule has 0 amide bonds. The standard InChI is InChI=1S/C20H25N3O3/c24-17-4-2-8-23(14-17)20-16(3-1-7-22-20)13-21-12-15-5-6-18-19(11-15)26-10-9-25-18/h1,3,5-7,11,17,21,24H,2,4,8-10,12-14H2/t17-/m1/s1. The second-order valence-corrected chi connectivity index (χ2v) is 6.81. The fraction of sp³-hybridized carbons (Fsp3) is 0.450. The number of aromatic nitrogens is 1. The van der Waals surface area contributed by atoms with Gasteiger partial charge in [0.05, 0.1) is 6.10 Å². The van der Waals surface area contributed by atoms with Crippen LogP contribution >= 0.6 is 0 Å². The van der Waals surface area contributed by atoms with Crippen LogP contribution in [0.2, 0.25) is 0 Å². The number of ether oxygens (including phenoxy) is 2. The Hall–Kier alpha value is -2.31. The summed E-state index contributed by atoms with van der Waals surface area (Å²) >= 11 is 0. The summed E-state index contributed by atoms with van der Waals surface area (Å²) in [5, 5.41) is 13.4. The van der Waals surface area contributed by atoms with Crippen LogP contribution in [0.1, 0.15) is 24.0 Å². The highest BCUT2D eigenvalue weighted by Gasteiger charge is 2.20. The molecule has 2 aliphatic rings. The van der Waals surface area contributed by atoms with Crippen LogP contribution in [-0.4, -0.2) is 42.5 Å². The molecule has 2 aromatic rings. The van der Waals surface area contributed by atoms with Crippen LogP contribution in [0.25, 0.3) is 0 Å². The highest BCUT2D eigenvalue weighted by atomic mass is 16.6.